The van der Waals surface area contributed by atoms with Crippen LogP contribution in [-0.2, 0) is 9.53 Å². The van der Waals surface area contributed by atoms with Crippen molar-refractivity contribution in [2.45, 2.75) is 47.8 Å². The monoisotopic (exact) mass is 434 g/mol. The molecule has 3 rings (SSSR count). The first-order valence-electron chi connectivity index (χ1n) is 9.79. The number of phenolic OH excluding ortho intramolecular Hbond substituents is 3. The second kappa shape index (κ2) is 10.7. The van der Waals surface area contributed by atoms with Crippen LogP contribution in [0.3, 0.4) is 0 Å². The third kappa shape index (κ3) is 6.51. The van der Waals surface area contributed by atoms with Gasteiger partial charge in [-0.1, -0.05) is 19.3 Å². The number of phenols is 3. The van der Waals surface area contributed by atoms with Gasteiger partial charge in [0.2, 0.25) is 0 Å². The maximum absolute atomic E-state index is 11.9. The minimum atomic E-state index is -0.322. The third-order valence-corrected chi connectivity index (χ3v) is 6.89. The van der Waals surface area contributed by atoms with Crippen LogP contribution in [0.1, 0.15) is 43.6 Å². The summed E-state index contributed by atoms with van der Waals surface area (Å²) in [5.41, 5.74) is 1.04. The number of benzene rings is 2. The van der Waals surface area contributed by atoms with Gasteiger partial charge in [-0.2, -0.15) is 0 Å². The molecule has 1 aliphatic rings. The molecule has 0 radical (unpaired) electrons. The Labute approximate surface area is 179 Å². The van der Waals surface area contributed by atoms with Crippen LogP contribution in [0, 0.1) is 0 Å². The molecule has 2 aromatic carbocycles. The Balaban J connectivity index is 1.40. The highest BCUT2D eigenvalue weighted by Crippen LogP contribution is 2.38. The molecule has 1 aliphatic carbocycles. The minimum Gasteiger partial charge on any atom is -0.508 e. The van der Waals surface area contributed by atoms with Gasteiger partial charge in [0.1, 0.15) is 12.4 Å². The molecule has 5 nitrogen and oxygen atoms in total. The van der Waals surface area contributed by atoms with Gasteiger partial charge in [0, 0.05) is 15.5 Å². The summed E-state index contributed by atoms with van der Waals surface area (Å²) in [6, 6.07) is 10.2. The zero-order valence-electron chi connectivity index (χ0n) is 16.2. The maximum atomic E-state index is 11.9. The van der Waals surface area contributed by atoms with Gasteiger partial charge >= 0.3 is 5.97 Å². The van der Waals surface area contributed by atoms with Crippen molar-refractivity contribution >= 4 is 29.5 Å². The molecule has 3 N–H and O–H groups in total. The molecule has 29 heavy (non-hydrogen) atoms. The largest absolute Gasteiger partial charge is 0.508 e. The van der Waals surface area contributed by atoms with Crippen molar-refractivity contribution < 1.29 is 24.9 Å². The molecule has 0 aromatic heterocycles. The lowest BCUT2D eigenvalue weighted by Gasteiger charge is -2.23. The molecule has 0 saturated heterocycles. The van der Waals surface area contributed by atoms with Gasteiger partial charge in [0.15, 0.2) is 11.5 Å². The Morgan fingerprint density at radius 3 is 2.31 bits per heavy atom. The Morgan fingerprint density at radius 1 is 0.897 bits per heavy atom. The molecular weight excluding hydrogens is 408 g/mol. The summed E-state index contributed by atoms with van der Waals surface area (Å²) in [5, 5.41) is 29.0. The highest BCUT2D eigenvalue weighted by atomic mass is 32.2. The molecule has 0 unspecified atom stereocenters. The Hall–Kier alpha value is -1.99. The van der Waals surface area contributed by atoms with Gasteiger partial charge in [0.25, 0.3) is 0 Å². The average Bonchev–Trinajstić information content (AvgIpc) is 2.74. The molecular formula is C22H26O5S2. The molecule has 0 aliphatic heterocycles. The number of thioether (sulfide) groups is 2. The molecule has 2 aromatic rings. The predicted molar refractivity (Wildman–Crippen MR) is 116 cm³/mol. The van der Waals surface area contributed by atoms with E-state index < -0.39 is 0 Å². The lowest BCUT2D eigenvalue weighted by Crippen LogP contribution is -2.09. The quantitative estimate of drug-likeness (QED) is 0.225. The van der Waals surface area contributed by atoms with Gasteiger partial charge < -0.3 is 20.1 Å². The van der Waals surface area contributed by atoms with E-state index in [9.17, 15) is 20.1 Å². The molecule has 1 saturated carbocycles. The summed E-state index contributed by atoms with van der Waals surface area (Å²) < 4.78 is 5.27. The second-order valence-electron chi connectivity index (χ2n) is 7.06. The molecule has 1 fully saturated rings. The number of hydrogen-bond donors (Lipinski definition) is 3. The SMILES string of the molecule is O=C(CSc1ccc(O)c(O)c1)OCCSc1ccc(O)c(C2CCCCC2)c1. The van der Waals surface area contributed by atoms with Crippen LogP contribution in [-0.4, -0.2) is 39.4 Å². The summed E-state index contributed by atoms with van der Waals surface area (Å²) in [5.74, 6) is 0.891. The van der Waals surface area contributed by atoms with Gasteiger partial charge in [0.05, 0.1) is 5.75 Å². The fourth-order valence-electron chi connectivity index (χ4n) is 3.45. The van der Waals surface area contributed by atoms with Crippen LogP contribution >= 0.6 is 23.5 Å². The summed E-state index contributed by atoms with van der Waals surface area (Å²) in [6.07, 6.45) is 5.99. The Kier molecular flexibility index (Phi) is 8.00. The van der Waals surface area contributed by atoms with E-state index in [1.54, 1.807) is 23.9 Å². The lowest BCUT2D eigenvalue weighted by molar-refractivity contribution is -0.139. The molecule has 0 amide bonds. The molecule has 0 atom stereocenters. The Morgan fingerprint density at radius 2 is 1.59 bits per heavy atom. The fourth-order valence-corrected chi connectivity index (χ4v) is 4.96. The number of esters is 1. The summed E-state index contributed by atoms with van der Waals surface area (Å²) in [6.45, 7) is 0.310. The van der Waals surface area contributed by atoms with Crippen LogP contribution < -0.4 is 0 Å². The highest BCUT2D eigenvalue weighted by molar-refractivity contribution is 8.00. The van der Waals surface area contributed by atoms with Crippen LogP contribution in [0.5, 0.6) is 17.2 Å². The van der Waals surface area contributed by atoms with Crippen molar-refractivity contribution in [3.05, 3.63) is 42.0 Å². The molecule has 7 heteroatoms. The van der Waals surface area contributed by atoms with E-state index in [2.05, 4.69) is 6.07 Å². The maximum Gasteiger partial charge on any atom is 0.316 e. The molecule has 156 valence electrons. The number of hydrogen-bond acceptors (Lipinski definition) is 7. The zero-order chi connectivity index (χ0) is 20.6. The predicted octanol–water partition coefficient (Wildman–Crippen LogP) is 5.28. The van der Waals surface area contributed by atoms with Gasteiger partial charge in [-0.25, -0.2) is 0 Å². The smallest absolute Gasteiger partial charge is 0.316 e. The molecule has 0 heterocycles. The van der Waals surface area contributed by atoms with Gasteiger partial charge in [-0.3, -0.25) is 4.79 Å². The van der Waals surface area contributed by atoms with E-state index in [0.29, 0.717) is 28.9 Å². The van der Waals surface area contributed by atoms with Crippen molar-refractivity contribution in [1.29, 1.82) is 0 Å². The molecule has 0 spiro atoms. The van der Waals surface area contributed by atoms with Crippen LogP contribution in [0.25, 0.3) is 0 Å². The van der Waals surface area contributed by atoms with E-state index in [4.69, 9.17) is 4.74 Å². The first-order valence-corrected chi connectivity index (χ1v) is 11.8. The first kappa shape index (κ1) is 21.7. The van der Waals surface area contributed by atoms with Gasteiger partial charge in [-0.05, 0) is 60.7 Å². The standard InChI is InChI=1S/C22H26O5S2/c23-19-8-6-16(12-18(19)15-4-2-1-3-5-15)28-11-10-27-22(26)14-29-17-7-9-20(24)21(25)13-17/h6-9,12-13,15,23-25H,1-5,10-11,14H2. The van der Waals surface area contributed by atoms with E-state index in [-0.39, 0.29) is 23.2 Å². The number of rotatable bonds is 8. The van der Waals surface area contributed by atoms with Crippen molar-refractivity contribution in [2.24, 2.45) is 0 Å². The van der Waals surface area contributed by atoms with Crippen LogP contribution in [0.15, 0.2) is 46.2 Å². The summed E-state index contributed by atoms with van der Waals surface area (Å²) in [4.78, 5) is 13.7. The lowest BCUT2D eigenvalue weighted by atomic mass is 9.84. The summed E-state index contributed by atoms with van der Waals surface area (Å²) in [7, 11) is 0. The van der Waals surface area contributed by atoms with Crippen molar-refractivity contribution in [1.82, 2.24) is 0 Å². The summed E-state index contributed by atoms with van der Waals surface area (Å²) >= 11 is 2.86. The van der Waals surface area contributed by atoms with E-state index in [1.165, 1.54) is 43.2 Å². The normalized spacial score (nSPS) is 14.6. The number of ether oxygens (including phenoxy) is 1. The van der Waals surface area contributed by atoms with E-state index >= 15 is 0 Å². The average molecular weight is 435 g/mol. The third-order valence-electron chi connectivity index (χ3n) is 4.96. The van der Waals surface area contributed by atoms with Crippen molar-refractivity contribution in [3.8, 4) is 17.2 Å². The molecule has 0 bridgehead atoms. The van der Waals surface area contributed by atoms with Crippen molar-refractivity contribution in [3.63, 3.8) is 0 Å². The number of carbonyl (C=O) groups excluding carboxylic acids is 1. The van der Waals surface area contributed by atoms with Crippen molar-refractivity contribution in [2.75, 3.05) is 18.1 Å². The highest BCUT2D eigenvalue weighted by Gasteiger charge is 2.19. The van der Waals surface area contributed by atoms with E-state index in [1.807, 2.05) is 6.07 Å². The number of carbonyl (C=O) groups is 1. The zero-order valence-corrected chi connectivity index (χ0v) is 17.8. The number of aromatic hydroxyl groups is 3. The van der Waals surface area contributed by atoms with E-state index in [0.717, 1.165) is 23.3 Å². The fraction of sp³-hybridized carbons (Fsp3) is 0.409. The topological polar surface area (TPSA) is 87.0 Å². The Bertz CT molecular complexity index is 834. The second-order valence-corrected chi connectivity index (χ2v) is 9.28. The van der Waals surface area contributed by atoms with Crippen LogP contribution in [0.2, 0.25) is 0 Å². The van der Waals surface area contributed by atoms with Crippen LogP contribution in [0.4, 0.5) is 0 Å². The first-order chi connectivity index (χ1) is 14.0. The minimum absolute atomic E-state index is 0.139. The van der Waals surface area contributed by atoms with Gasteiger partial charge in [-0.15, -0.1) is 23.5 Å².